The minimum absolute atomic E-state index is 0.0736. The van der Waals surface area contributed by atoms with Crippen LogP contribution in [0.3, 0.4) is 0 Å². The molecular formula is C8H13N3O2. The second kappa shape index (κ2) is 2.99. The maximum atomic E-state index is 11.6. The summed E-state index contributed by atoms with van der Waals surface area (Å²) in [5.41, 5.74) is 4.83. The lowest BCUT2D eigenvalue weighted by atomic mass is 9.91. The summed E-state index contributed by atoms with van der Waals surface area (Å²) < 4.78 is 5.27. The summed E-state index contributed by atoms with van der Waals surface area (Å²) in [5.74, 6) is 0.169. The summed E-state index contributed by atoms with van der Waals surface area (Å²) in [6, 6.07) is 0. The van der Waals surface area contributed by atoms with E-state index in [0.717, 1.165) is 12.8 Å². The number of carbonyl (C=O) groups is 1. The zero-order valence-corrected chi connectivity index (χ0v) is 7.38. The lowest BCUT2D eigenvalue weighted by Crippen LogP contribution is -2.40. The summed E-state index contributed by atoms with van der Waals surface area (Å²) in [7, 11) is 0. The van der Waals surface area contributed by atoms with Crippen molar-refractivity contribution in [1.29, 1.82) is 0 Å². The first-order chi connectivity index (χ1) is 6.23. The Morgan fingerprint density at radius 3 is 3.00 bits per heavy atom. The topological polar surface area (TPSA) is 76.7 Å². The third-order valence-corrected chi connectivity index (χ3v) is 2.54. The number of guanidine groups is 1. The number of nitrogens with zero attached hydrogens (tertiary/aromatic N) is 1. The average Bonchev–Trinajstić information content (AvgIpc) is 2.29. The van der Waals surface area contributed by atoms with E-state index in [1.54, 1.807) is 0 Å². The van der Waals surface area contributed by atoms with Crippen LogP contribution in [0.1, 0.15) is 19.3 Å². The molecule has 72 valence electrons. The van der Waals surface area contributed by atoms with Gasteiger partial charge in [0, 0.05) is 19.6 Å². The number of rotatable bonds is 0. The number of aliphatic imine (C=N–C) groups is 1. The Bertz CT molecular complexity index is 254. The molecule has 2 rings (SSSR count). The third-order valence-electron chi connectivity index (χ3n) is 2.54. The molecule has 1 amide bonds. The highest BCUT2D eigenvalue weighted by Gasteiger charge is 2.43. The smallest absolute Gasteiger partial charge is 0.254 e. The second-order valence-corrected chi connectivity index (χ2v) is 3.45. The van der Waals surface area contributed by atoms with Gasteiger partial charge in [-0.15, -0.1) is 0 Å². The van der Waals surface area contributed by atoms with Gasteiger partial charge in [-0.3, -0.25) is 10.1 Å². The van der Waals surface area contributed by atoms with Crippen LogP contribution < -0.4 is 11.1 Å². The van der Waals surface area contributed by atoms with Gasteiger partial charge in [0.1, 0.15) is 5.54 Å². The molecule has 2 aliphatic rings. The van der Waals surface area contributed by atoms with Gasteiger partial charge in [0.15, 0.2) is 5.96 Å². The molecular weight excluding hydrogens is 170 g/mol. The highest BCUT2D eigenvalue weighted by molar-refractivity contribution is 6.06. The maximum absolute atomic E-state index is 11.6. The van der Waals surface area contributed by atoms with Crippen molar-refractivity contribution < 1.29 is 9.53 Å². The fourth-order valence-electron chi connectivity index (χ4n) is 1.82. The normalized spacial score (nSPS) is 34.2. The first-order valence-corrected chi connectivity index (χ1v) is 4.47. The van der Waals surface area contributed by atoms with Gasteiger partial charge >= 0.3 is 0 Å². The van der Waals surface area contributed by atoms with Crippen LogP contribution in [-0.2, 0) is 9.53 Å². The molecule has 0 aromatic rings. The van der Waals surface area contributed by atoms with Crippen molar-refractivity contribution in [1.82, 2.24) is 5.32 Å². The van der Waals surface area contributed by atoms with Crippen molar-refractivity contribution >= 4 is 11.9 Å². The van der Waals surface area contributed by atoms with Gasteiger partial charge in [0.25, 0.3) is 5.91 Å². The average molecular weight is 183 g/mol. The molecule has 0 aliphatic carbocycles. The number of hydrogen-bond donors (Lipinski definition) is 2. The second-order valence-electron chi connectivity index (χ2n) is 3.45. The quantitative estimate of drug-likeness (QED) is 0.525. The Labute approximate surface area is 76.3 Å². The number of nitrogens with one attached hydrogen (secondary N) is 1. The highest BCUT2D eigenvalue weighted by Crippen LogP contribution is 2.28. The monoisotopic (exact) mass is 183 g/mol. The molecule has 0 bridgehead atoms. The molecule has 13 heavy (non-hydrogen) atoms. The fourth-order valence-corrected chi connectivity index (χ4v) is 1.82. The van der Waals surface area contributed by atoms with Crippen LogP contribution in [0.25, 0.3) is 0 Å². The van der Waals surface area contributed by atoms with E-state index < -0.39 is 5.54 Å². The van der Waals surface area contributed by atoms with E-state index in [-0.39, 0.29) is 11.9 Å². The molecule has 2 aliphatic heterocycles. The zero-order chi connectivity index (χ0) is 9.31. The van der Waals surface area contributed by atoms with Crippen LogP contribution in [0.5, 0.6) is 0 Å². The van der Waals surface area contributed by atoms with E-state index in [9.17, 15) is 4.79 Å². The van der Waals surface area contributed by atoms with Crippen molar-refractivity contribution in [2.75, 3.05) is 13.2 Å². The molecule has 0 saturated carbocycles. The standard InChI is InChI=1S/C8H13N3O2/c9-7-10-6(12)8(11-7)2-1-4-13-5-3-8/h1-5H2,(H3,9,10,11,12). The predicted molar refractivity (Wildman–Crippen MR) is 47.2 cm³/mol. The van der Waals surface area contributed by atoms with Gasteiger partial charge in [0.2, 0.25) is 0 Å². The molecule has 2 heterocycles. The number of amides is 1. The first kappa shape index (κ1) is 8.50. The van der Waals surface area contributed by atoms with Crippen molar-refractivity contribution in [2.24, 2.45) is 10.7 Å². The molecule has 1 atom stereocenters. The summed E-state index contributed by atoms with van der Waals surface area (Å²) in [6.07, 6.45) is 2.24. The van der Waals surface area contributed by atoms with E-state index in [0.29, 0.717) is 19.6 Å². The number of hydrogen-bond acceptors (Lipinski definition) is 4. The highest BCUT2D eigenvalue weighted by atomic mass is 16.5. The molecule has 0 aromatic carbocycles. The van der Waals surface area contributed by atoms with Crippen molar-refractivity contribution in [3.8, 4) is 0 Å². The van der Waals surface area contributed by atoms with Gasteiger partial charge in [-0.1, -0.05) is 0 Å². The molecule has 0 radical (unpaired) electrons. The van der Waals surface area contributed by atoms with E-state index >= 15 is 0 Å². The third kappa shape index (κ3) is 1.39. The van der Waals surface area contributed by atoms with Crippen LogP contribution >= 0.6 is 0 Å². The molecule has 1 saturated heterocycles. The van der Waals surface area contributed by atoms with Crippen molar-refractivity contribution in [3.05, 3.63) is 0 Å². The lowest BCUT2D eigenvalue weighted by molar-refractivity contribution is -0.124. The van der Waals surface area contributed by atoms with E-state index in [4.69, 9.17) is 10.5 Å². The Morgan fingerprint density at radius 1 is 1.46 bits per heavy atom. The van der Waals surface area contributed by atoms with Crippen molar-refractivity contribution in [3.63, 3.8) is 0 Å². The number of ether oxygens (including phenoxy) is 1. The number of nitrogens with two attached hydrogens (primary N) is 1. The summed E-state index contributed by atoms with van der Waals surface area (Å²) in [4.78, 5) is 15.7. The van der Waals surface area contributed by atoms with E-state index in [1.165, 1.54) is 0 Å². The molecule has 5 heteroatoms. The molecule has 1 spiro atoms. The largest absolute Gasteiger partial charge is 0.381 e. The first-order valence-electron chi connectivity index (χ1n) is 4.47. The summed E-state index contributed by atoms with van der Waals surface area (Å²) in [5, 5.41) is 2.54. The maximum Gasteiger partial charge on any atom is 0.254 e. The molecule has 0 aromatic heterocycles. The van der Waals surface area contributed by atoms with Crippen LogP contribution in [0.2, 0.25) is 0 Å². The SMILES string of the molecule is NC1=NC2(CCCOCC2)C(=O)N1. The molecule has 1 unspecified atom stereocenters. The van der Waals surface area contributed by atoms with Crippen LogP contribution in [0.15, 0.2) is 4.99 Å². The summed E-state index contributed by atoms with van der Waals surface area (Å²) >= 11 is 0. The predicted octanol–water partition coefficient (Wildman–Crippen LogP) is -0.630. The van der Waals surface area contributed by atoms with Crippen LogP contribution in [0, 0.1) is 0 Å². The molecule has 1 fully saturated rings. The van der Waals surface area contributed by atoms with Gasteiger partial charge in [-0.2, -0.15) is 0 Å². The summed E-state index contributed by atoms with van der Waals surface area (Å²) in [6.45, 7) is 1.30. The molecule has 5 nitrogen and oxygen atoms in total. The van der Waals surface area contributed by atoms with Crippen LogP contribution in [-0.4, -0.2) is 30.6 Å². The van der Waals surface area contributed by atoms with E-state index in [2.05, 4.69) is 10.3 Å². The Balaban J connectivity index is 2.21. The van der Waals surface area contributed by atoms with E-state index in [1.807, 2.05) is 0 Å². The van der Waals surface area contributed by atoms with Crippen molar-refractivity contribution in [2.45, 2.75) is 24.8 Å². The minimum atomic E-state index is -0.624. The Hall–Kier alpha value is -1.10. The van der Waals surface area contributed by atoms with Gasteiger partial charge in [0.05, 0.1) is 0 Å². The Morgan fingerprint density at radius 2 is 2.31 bits per heavy atom. The molecule has 3 N–H and O–H groups in total. The van der Waals surface area contributed by atoms with Gasteiger partial charge < -0.3 is 10.5 Å². The van der Waals surface area contributed by atoms with Gasteiger partial charge in [-0.05, 0) is 12.8 Å². The van der Waals surface area contributed by atoms with Gasteiger partial charge in [-0.25, -0.2) is 4.99 Å². The Kier molecular flexibility index (Phi) is 1.95. The lowest BCUT2D eigenvalue weighted by Gasteiger charge is -2.19. The van der Waals surface area contributed by atoms with Crippen LogP contribution in [0.4, 0.5) is 0 Å². The number of carbonyl (C=O) groups excluding carboxylic acids is 1. The minimum Gasteiger partial charge on any atom is -0.381 e. The fraction of sp³-hybridized carbons (Fsp3) is 0.750. The zero-order valence-electron chi connectivity index (χ0n) is 7.38.